The second-order valence-electron chi connectivity index (χ2n) is 4.30. The Balaban J connectivity index is 2.06. The zero-order valence-electron chi connectivity index (χ0n) is 10.1. The molecule has 0 aliphatic carbocycles. The van der Waals surface area contributed by atoms with Crippen LogP contribution in [0.1, 0.15) is 19.8 Å². The van der Waals surface area contributed by atoms with E-state index in [-0.39, 0.29) is 11.8 Å². The van der Waals surface area contributed by atoms with E-state index >= 15 is 0 Å². The number of alkyl halides is 1. The molecular weight excluding hydrogens is 252 g/mol. The minimum absolute atomic E-state index is 0.154. The number of halogens is 1. The summed E-state index contributed by atoms with van der Waals surface area (Å²) in [6.07, 6.45) is 1.52. The zero-order chi connectivity index (χ0) is 13.1. The van der Waals surface area contributed by atoms with E-state index in [1.165, 1.54) is 0 Å². The molecule has 1 aliphatic rings. The molecule has 0 bridgehead atoms. The van der Waals surface area contributed by atoms with Gasteiger partial charge in [0.25, 0.3) is 0 Å². The highest BCUT2D eigenvalue weighted by atomic mass is 35.5. The Hall–Kier alpha value is -1.55. The minimum atomic E-state index is -0.565. The molecule has 1 saturated heterocycles. The van der Waals surface area contributed by atoms with Crippen LogP contribution in [0.25, 0.3) is 0 Å². The van der Waals surface area contributed by atoms with Gasteiger partial charge in [0, 0.05) is 24.3 Å². The largest absolute Gasteiger partial charge is 0.325 e. The Morgan fingerprint density at radius 2 is 2.06 bits per heavy atom. The van der Waals surface area contributed by atoms with Gasteiger partial charge in [-0.3, -0.25) is 9.59 Å². The van der Waals surface area contributed by atoms with Crippen molar-refractivity contribution in [2.24, 2.45) is 0 Å². The summed E-state index contributed by atoms with van der Waals surface area (Å²) in [5.74, 6) is -0.0807. The molecule has 0 saturated carbocycles. The van der Waals surface area contributed by atoms with Crippen LogP contribution in [0.5, 0.6) is 0 Å². The van der Waals surface area contributed by atoms with Crippen molar-refractivity contribution in [2.75, 3.05) is 16.8 Å². The topological polar surface area (TPSA) is 49.4 Å². The second kappa shape index (κ2) is 5.40. The molecule has 4 nitrogen and oxygen atoms in total. The van der Waals surface area contributed by atoms with Crippen molar-refractivity contribution in [3.63, 3.8) is 0 Å². The molecule has 1 heterocycles. The standard InChI is InChI=1S/C13H15ClN2O2/c1-9(14)13(18)15-10-4-6-11(7-5-10)16-8-2-3-12(16)17/h4-7,9H,2-3,8H2,1H3,(H,15,18)/t9-/m0/s1. The molecule has 2 amide bonds. The molecule has 0 radical (unpaired) electrons. The van der Waals surface area contributed by atoms with Gasteiger partial charge in [0.2, 0.25) is 11.8 Å². The maximum atomic E-state index is 11.6. The van der Waals surface area contributed by atoms with Gasteiger partial charge in [-0.1, -0.05) is 0 Å². The number of nitrogens with zero attached hydrogens (tertiary/aromatic N) is 1. The molecule has 1 atom stereocenters. The predicted molar refractivity (Wildman–Crippen MR) is 72.0 cm³/mol. The van der Waals surface area contributed by atoms with Crippen molar-refractivity contribution in [2.45, 2.75) is 25.1 Å². The first-order chi connectivity index (χ1) is 8.58. The van der Waals surface area contributed by atoms with Gasteiger partial charge in [0.05, 0.1) is 0 Å². The third kappa shape index (κ3) is 2.82. The number of amides is 2. The first kappa shape index (κ1) is 12.9. The summed E-state index contributed by atoms with van der Waals surface area (Å²) in [6.45, 7) is 2.39. The summed E-state index contributed by atoms with van der Waals surface area (Å²) in [4.78, 5) is 24.7. The maximum Gasteiger partial charge on any atom is 0.242 e. The molecule has 0 unspecified atom stereocenters. The molecule has 0 spiro atoms. The Kier molecular flexibility index (Phi) is 3.87. The second-order valence-corrected chi connectivity index (χ2v) is 4.96. The van der Waals surface area contributed by atoms with Crippen LogP contribution in [0.15, 0.2) is 24.3 Å². The first-order valence-corrected chi connectivity index (χ1v) is 6.37. The summed E-state index contributed by atoms with van der Waals surface area (Å²) in [6, 6.07) is 7.21. The Labute approximate surface area is 111 Å². The lowest BCUT2D eigenvalue weighted by Gasteiger charge is -2.16. The number of anilines is 2. The lowest BCUT2D eigenvalue weighted by Crippen LogP contribution is -2.23. The van der Waals surface area contributed by atoms with Crippen molar-refractivity contribution in [1.29, 1.82) is 0 Å². The van der Waals surface area contributed by atoms with Crippen molar-refractivity contribution in [1.82, 2.24) is 0 Å². The monoisotopic (exact) mass is 266 g/mol. The maximum absolute atomic E-state index is 11.6. The summed E-state index contributed by atoms with van der Waals surface area (Å²) >= 11 is 5.67. The van der Waals surface area contributed by atoms with E-state index in [1.54, 1.807) is 24.0 Å². The number of hydrogen-bond donors (Lipinski definition) is 1. The fourth-order valence-electron chi connectivity index (χ4n) is 1.89. The molecule has 18 heavy (non-hydrogen) atoms. The van der Waals surface area contributed by atoms with E-state index in [2.05, 4.69) is 5.32 Å². The van der Waals surface area contributed by atoms with Crippen LogP contribution in [0, 0.1) is 0 Å². The van der Waals surface area contributed by atoms with E-state index in [0.29, 0.717) is 12.1 Å². The van der Waals surface area contributed by atoms with Gasteiger partial charge in [-0.15, -0.1) is 11.6 Å². The van der Waals surface area contributed by atoms with E-state index in [9.17, 15) is 9.59 Å². The first-order valence-electron chi connectivity index (χ1n) is 5.93. The Bertz CT molecular complexity index is 457. The number of carbonyl (C=O) groups is 2. The van der Waals surface area contributed by atoms with Crippen LogP contribution in [0.3, 0.4) is 0 Å². The molecule has 96 valence electrons. The van der Waals surface area contributed by atoms with Crippen LogP contribution in [0.4, 0.5) is 11.4 Å². The zero-order valence-corrected chi connectivity index (χ0v) is 10.9. The summed E-state index contributed by atoms with van der Waals surface area (Å²) < 4.78 is 0. The highest BCUT2D eigenvalue weighted by Crippen LogP contribution is 2.23. The summed E-state index contributed by atoms with van der Waals surface area (Å²) in [5, 5.41) is 2.13. The van der Waals surface area contributed by atoms with E-state index < -0.39 is 5.38 Å². The van der Waals surface area contributed by atoms with Gasteiger partial charge >= 0.3 is 0 Å². The third-order valence-corrected chi connectivity index (χ3v) is 3.08. The van der Waals surface area contributed by atoms with Gasteiger partial charge in [0.15, 0.2) is 0 Å². The molecule has 5 heteroatoms. The van der Waals surface area contributed by atoms with Crippen molar-refractivity contribution < 1.29 is 9.59 Å². The molecule has 0 aromatic heterocycles. The van der Waals surface area contributed by atoms with Crippen molar-refractivity contribution in [3.05, 3.63) is 24.3 Å². The Morgan fingerprint density at radius 3 is 2.56 bits per heavy atom. The van der Waals surface area contributed by atoms with Crippen LogP contribution >= 0.6 is 11.6 Å². The number of nitrogens with one attached hydrogen (secondary N) is 1. The van der Waals surface area contributed by atoms with Gasteiger partial charge in [-0.05, 0) is 37.6 Å². The molecule has 1 N–H and O–H groups in total. The number of rotatable bonds is 3. The summed E-state index contributed by atoms with van der Waals surface area (Å²) in [5.41, 5.74) is 1.55. The number of carbonyl (C=O) groups excluding carboxylic acids is 2. The van der Waals surface area contributed by atoms with Crippen LogP contribution < -0.4 is 10.2 Å². The fourth-order valence-corrected chi connectivity index (χ4v) is 1.94. The molecule has 1 aromatic carbocycles. The van der Waals surface area contributed by atoms with E-state index in [1.807, 2.05) is 12.1 Å². The lowest BCUT2D eigenvalue weighted by atomic mass is 10.2. The van der Waals surface area contributed by atoms with Crippen LogP contribution in [0.2, 0.25) is 0 Å². The molecule has 1 aliphatic heterocycles. The van der Waals surface area contributed by atoms with E-state index in [0.717, 1.165) is 18.7 Å². The van der Waals surface area contributed by atoms with Gasteiger partial charge in [-0.25, -0.2) is 0 Å². The van der Waals surface area contributed by atoms with Gasteiger partial charge in [0.1, 0.15) is 5.38 Å². The van der Waals surface area contributed by atoms with Gasteiger partial charge < -0.3 is 10.2 Å². The van der Waals surface area contributed by atoms with Crippen molar-refractivity contribution >= 4 is 34.8 Å². The third-order valence-electron chi connectivity index (χ3n) is 2.88. The summed E-state index contributed by atoms with van der Waals surface area (Å²) in [7, 11) is 0. The molecule has 1 fully saturated rings. The number of hydrogen-bond acceptors (Lipinski definition) is 2. The normalized spacial score (nSPS) is 16.8. The molecule has 1 aromatic rings. The highest BCUT2D eigenvalue weighted by molar-refractivity contribution is 6.32. The van der Waals surface area contributed by atoms with E-state index in [4.69, 9.17) is 11.6 Å². The average molecular weight is 267 g/mol. The Morgan fingerprint density at radius 1 is 1.39 bits per heavy atom. The number of benzene rings is 1. The smallest absolute Gasteiger partial charge is 0.242 e. The van der Waals surface area contributed by atoms with Crippen molar-refractivity contribution in [3.8, 4) is 0 Å². The average Bonchev–Trinajstić information content (AvgIpc) is 2.76. The van der Waals surface area contributed by atoms with Crippen LogP contribution in [-0.4, -0.2) is 23.7 Å². The fraction of sp³-hybridized carbons (Fsp3) is 0.385. The predicted octanol–water partition coefficient (Wildman–Crippen LogP) is 2.38. The highest BCUT2D eigenvalue weighted by Gasteiger charge is 2.21. The molecule has 2 rings (SSSR count). The minimum Gasteiger partial charge on any atom is -0.325 e. The quantitative estimate of drug-likeness (QED) is 0.854. The molecular formula is C13H15ClN2O2. The van der Waals surface area contributed by atoms with Crippen LogP contribution in [-0.2, 0) is 9.59 Å². The van der Waals surface area contributed by atoms with Gasteiger partial charge in [-0.2, -0.15) is 0 Å². The lowest BCUT2D eigenvalue weighted by molar-refractivity contribution is -0.117. The SMILES string of the molecule is C[C@H](Cl)C(=O)Nc1ccc(N2CCCC2=O)cc1.